The van der Waals surface area contributed by atoms with Crippen molar-refractivity contribution in [2.24, 2.45) is 0 Å². The molecule has 0 N–H and O–H groups in total. The van der Waals surface area contributed by atoms with Gasteiger partial charge in [0.1, 0.15) is 0 Å². The lowest BCUT2D eigenvalue weighted by Crippen LogP contribution is -1.65. The molecular formula is C11H11-. The quantitative estimate of drug-likeness (QED) is 0.497. The van der Waals surface area contributed by atoms with Crippen LogP contribution in [0, 0.1) is 13.8 Å². The van der Waals surface area contributed by atoms with Crippen molar-refractivity contribution in [1.82, 2.24) is 0 Å². The highest BCUT2D eigenvalue weighted by molar-refractivity contribution is 5.90. The van der Waals surface area contributed by atoms with Crippen LogP contribution >= 0.6 is 0 Å². The van der Waals surface area contributed by atoms with Gasteiger partial charge in [-0.2, -0.15) is 5.56 Å². The van der Waals surface area contributed by atoms with Gasteiger partial charge in [-0.15, -0.1) is 40.6 Å². The Hall–Kier alpha value is -1.17. The summed E-state index contributed by atoms with van der Waals surface area (Å²) in [6.45, 7) is 4.32. The molecule has 0 aliphatic carbocycles. The summed E-state index contributed by atoms with van der Waals surface area (Å²) in [5.74, 6) is 0. The first kappa shape index (κ1) is 6.53. The normalized spacial score (nSPS) is 10.7. The Kier molecular flexibility index (Phi) is 1.28. The second-order valence-corrected chi connectivity index (χ2v) is 3.06. The number of rotatable bonds is 0. The molecule has 0 saturated carbocycles. The van der Waals surface area contributed by atoms with E-state index < -0.39 is 0 Å². The maximum Gasteiger partial charge on any atom is -0.0748 e. The fraction of sp³-hybridized carbons (Fsp3) is 0.182. The molecule has 2 aromatic carbocycles. The van der Waals surface area contributed by atoms with Gasteiger partial charge in [0.05, 0.1) is 0 Å². The van der Waals surface area contributed by atoms with Crippen LogP contribution in [0.4, 0.5) is 0 Å². The summed E-state index contributed by atoms with van der Waals surface area (Å²) in [5.41, 5.74) is 2.77. The van der Waals surface area contributed by atoms with Crippen molar-refractivity contribution < 1.29 is 0 Å². The minimum Gasteiger partial charge on any atom is -0.156 e. The number of benzene rings is 1. The molecule has 0 atom stereocenters. The highest BCUT2D eigenvalue weighted by Gasteiger charge is 1.90. The van der Waals surface area contributed by atoms with Crippen LogP contribution in [0.1, 0.15) is 11.1 Å². The average Bonchev–Trinajstić information content (AvgIpc) is 2.30. The van der Waals surface area contributed by atoms with Gasteiger partial charge in [0, 0.05) is 0 Å². The SMILES string of the molecule is Cc1c[c-](C)c2ccccc12. The number of hydrogen-bond donors (Lipinski definition) is 0. The first-order valence-corrected chi connectivity index (χ1v) is 3.90. The van der Waals surface area contributed by atoms with Crippen molar-refractivity contribution in [1.29, 1.82) is 0 Å². The van der Waals surface area contributed by atoms with Crippen LogP contribution in [-0.2, 0) is 0 Å². The van der Waals surface area contributed by atoms with E-state index in [0.717, 1.165) is 0 Å². The van der Waals surface area contributed by atoms with E-state index >= 15 is 0 Å². The fourth-order valence-electron chi connectivity index (χ4n) is 1.65. The predicted molar refractivity (Wildman–Crippen MR) is 49.0 cm³/mol. The van der Waals surface area contributed by atoms with Gasteiger partial charge in [-0.1, -0.05) is 19.9 Å². The first-order valence-electron chi connectivity index (χ1n) is 3.90. The molecule has 0 nitrogen and oxygen atoms in total. The summed E-state index contributed by atoms with van der Waals surface area (Å²) >= 11 is 0. The van der Waals surface area contributed by atoms with Gasteiger partial charge in [0.15, 0.2) is 0 Å². The van der Waals surface area contributed by atoms with Crippen molar-refractivity contribution in [2.75, 3.05) is 0 Å². The molecular weight excluding hydrogens is 132 g/mol. The summed E-state index contributed by atoms with van der Waals surface area (Å²) < 4.78 is 0. The van der Waals surface area contributed by atoms with Crippen LogP contribution in [0.3, 0.4) is 0 Å². The maximum absolute atomic E-state index is 2.24. The van der Waals surface area contributed by atoms with Gasteiger partial charge in [-0.25, -0.2) is 0 Å². The Labute approximate surface area is 66.8 Å². The van der Waals surface area contributed by atoms with Gasteiger partial charge in [0.25, 0.3) is 0 Å². The van der Waals surface area contributed by atoms with Crippen LogP contribution < -0.4 is 0 Å². The lowest BCUT2D eigenvalue weighted by atomic mass is 10.1. The Bertz CT molecular complexity index is 344. The third-order valence-corrected chi connectivity index (χ3v) is 2.21. The van der Waals surface area contributed by atoms with E-state index in [9.17, 15) is 0 Å². The van der Waals surface area contributed by atoms with Crippen molar-refractivity contribution >= 4 is 10.8 Å². The molecule has 0 amide bonds. The van der Waals surface area contributed by atoms with E-state index in [-0.39, 0.29) is 0 Å². The molecule has 11 heavy (non-hydrogen) atoms. The van der Waals surface area contributed by atoms with Crippen LogP contribution in [-0.4, -0.2) is 0 Å². The smallest absolute Gasteiger partial charge is 0.0748 e. The van der Waals surface area contributed by atoms with E-state index in [2.05, 4.69) is 44.2 Å². The molecule has 0 saturated heterocycles. The molecule has 0 bridgehead atoms. The monoisotopic (exact) mass is 143 g/mol. The molecule has 0 fully saturated rings. The summed E-state index contributed by atoms with van der Waals surface area (Å²) in [7, 11) is 0. The van der Waals surface area contributed by atoms with Gasteiger partial charge in [-0.05, 0) is 0 Å². The molecule has 2 aromatic rings. The largest absolute Gasteiger partial charge is 0.156 e. The van der Waals surface area contributed by atoms with E-state index in [1.165, 1.54) is 21.9 Å². The molecule has 0 unspecified atom stereocenters. The first-order chi connectivity index (χ1) is 5.29. The third-order valence-electron chi connectivity index (χ3n) is 2.21. The van der Waals surface area contributed by atoms with Crippen LogP contribution in [0.15, 0.2) is 30.3 Å². The summed E-state index contributed by atoms with van der Waals surface area (Å²) in [6, 6.07) is 10.8. The summed E-state index contributed by atoms with van der Waals surface area (Å²) in [6.07, 6.45) is 0. The Balaban J connectivity index is 2.95. The Morgan fingerprint density at radius 2 is 1.91 bits per heavy atom. The molecule has 56 valence electrons. The zero-order chi connectivity index (χ0) is 7.84. The zero-order valence-corrected chi connectivity index (χ0v) is 6.89. The van der Waals surface area contributed by atoms with E-state index in [1.807, 2.05) is 0 Å². The second kappa shape index (κ2) is 2.16. The van der Waals surface area contributed by atoms with Gasteiger partial charge < -0.3 is 0 Å². The van der Waals surface area contributed by atoms with Crippen molar-refractivity contribution in [2.45, 2.75) is 13.8 Å². The van der Waals surface area contributed by atoms with Gasteiger partial charge in [-0.3, -0.25) is 0 Å². The lowest BCUT2D eigenvalue weighted by molar-refractivity contribution is 1.52. The van der Waals surface area contributed by atoms with Crippen molar-refractivity contribution in [3.05, 3.63) is 41.5 Å². The molecule has 2 rings (SSSR count). The van der Waals surface area contributed by atoms with E-state index in [4.69, 9.17) is 0 Å². The van der Waals surface area contributed by atoms with Gasteiger partial charge in [0.2, 0.25) is 0 Å². The molecule has 0 radical (unpaired) electrons. The van der Waals surface area contributed by atoms with E-state index in [1.54, 1.807) is 0 Å². The van der Waals surface area contributed by atoms with Crippen LogP contribution in [0.2, 0.25) is 0 Å². The molecule has 0 heteroatoms. The second-order valence-electron chi connectivity index (χ2n) is 3.06. The summed E-state index contributed by atoms with van der Waals surface area (Å²) in [4.78, 5) is 0. The Morgan fingerprint density at radius 3 is 2.64 bits per heavy atom. The zero-order valence-electron chi connectivity index (χ0n) is 6.89. The molecule has 0 spiro atoms. The topological polar surface area (TPSA) is 0 Å². The van der Waals surface area contributed by atoms with Crippen molar-refractivity contribution in [3.63, 3.8) is 0 Å². The molecule has 0 aliphatic rings. The average molecular weight is 143 g/mol. The third kappa shape index (κ3) is 0.864. The maximum atomic E-state index is 2.24. The highest BCUT2D eigenvalue weighted by atomic mass is 14.0. The fourth-order valence-corrected chi connectivity index (χ4v) is 1.65. The minimum atomic E-state index is 1.39. The lowest BCUT2D eigenvalue weighted by Gasteiger charge is -1.99. The predicted octanol–water partition coefficient (Wildman–Crippen LogP) is 3.18. The highest BCUT2D eigenvalue weighted by Crippen LogP contribution is 2.23. The number of aryl methyl sites for hydroxylation is 2. The summed E-state index contributed by atoms with van der Waals surface area (Å²) in [5, 5.41) is 2.79. The van der Waals surface area contributed by atoms with Crippen LogP contribution in [0.25, 0.3) is 10.8 Å². The molecule has 0 heterocycles. The standard InChI is InChI=1S/C11H11/c1-8-7-9(2)11-6-4-3-5-10(8)11/h3-7H,1-2H3/q-1. The van der Waals surface area contributed by atoms with E-state index in [0.29, 0.717) is 0 Å². The minimum absolute atomic E-state index is 1.39. The number of fused-ring (bicyclic) bond motifs is 1. The van der Waals surface area contributed by atoms with Crippen molar-refractivity contribution in [3.8, 4) is 0 Å². The van der Waals surface area contributed by atoms with Crippen LogP contribution in [0.5, 0.6) is 0 Å². The molecule has 0 aromatic heterocycles. The molecule has 0 aliphatic heterocycles. The number of hydrogen-bond acceptors (Lipinski definition) is 0. The van der Waals surface area contributed by atoms with Gasteiger partial charge >= 0.3 is 0 Å². The Morgan fingerprint density at radius 1 is 1.18 bits per heavy atom.